The minimum atomic E-state index is -3.27. The molecule has 1 aliphatic carbocycles. The van der Waals surface area contributed by atoms with E-state index in [9.17, 15) is 4.39 Å². The first-order chi connectivity index (χ1) is 16.2. The Morgan fingerprint density at radius 1 is 1.00 bits per heavy atom. The molecule has 1 heterocycles. The molecule has 1 N–H and O–H groups in total. The Balaban J connectivity index is 2.07. The van der Waals surface area contributed by atoms with E-state index in [4.69, 9.17) is 9.47 Å². The Morgan fingerprint density at radius 2 is 1.53 bits per heavy atom. The van der Waals surface area contributed by atoms with E-state index in [0.717, 1.165) is 25.7 Å². The average molecular weight is 494 g/mol. The van der Waals surface area contributed by atoms with Crippen molar-refractivity contribution in [1.82, 2.24) is 14.4 Å². The highest BCUT2D eigenvalue weighted by molar-refractivity contribution is 7.57. The lowest BCUT2D eigenvalue weighted by atomic mass is 9.89. The van der Waals surface area contributed by atoms with Gasteiger partial charge in [-0.2, -0.15) is 0 Å². The fourth-order valence-electron chi connectivity index (χ4n) is 5.40. The number of ether oxygens (including phenoxy) is 2. The number of fused-ring (bicyclic) bond motifs is 1. The molecular formula is C26H41FN3O3P. The van der Waals surface area contributed by atoms with E-state index in [0.29, 0.717) is 18.8 Å². The maximum atomic E-state index is 15.0. The second kappa shape index (κ2) is 12.1. The van der Waals surface area contributed by atoms with Crippen LogP contribution in [0.2, 0.25) is 0 Å². The van der Waals surface area contributed by atoms with Gasteiger partial charge in [0.25, 0.3) is 7.59 Å². The molecule has 1 aromatic carbocycles. The molecule has 2 aliphatic rings. The summed E-state index contributed by atoms with van der Waals surface area (Å²) in [5.74, 6) is 5.75. The third-order valence-electron chi connectivity index (χ3n) is 6.55. The van der Waals surface area contributed by atoms with E-state index < -0.39 is 19.9 Å². The van der Waals surface area contributed by atoms with E-state index in [1.165, 1.54) is 6.07 Å². The summed E-state index contributed by atoms with van der Waals surface area (Å²) in [5.41, 5.74) is 0.374. The van der Waals surface area contributed by atoms with Gasteiger partial charge in [-0.15, -0.1) is 0 Å². The van der Waals surface area contributed by atoms with Crippen molar-refractivity contribution in [3.8, 4) is 11.8 Å². The lowest BCUT2D eigenvalue weighted by Crippen LogP contribution is -2.43. The van der Waals surface area contributed by atoms with E-state index in [2.05, 4.69) is 54.0 Å². The van der Waals surface area contributed by atoms with Gasteiger partial charge in [-0.1, -0.05) is 37.0 Å². The average Bonchev–Trinajstić information content (AvgIpc) is 3.05. The molecule has 0 radical (unpaired) electrons. The molecule has 1 saturated heterocycles. The second-order valence-electron chi connectivity index (χ2n) is 9.53. The van der Waals surface area contributed by atoms with Crippen LogP contribution in [0.5, 0.6) is 0 Å². The van der Waals surface area contributed by atoms with Crippen LogP contribution in [-0.2, 0) is 14.0 Å². The molecule has 1 aromatic rings. The smallest absolute Gasteiger partial charge is 0.286 e. The third-order valence-corrected chi connectivity index (χ3v) is 9.92. The zero-order valence-electron chi connectivity index (χ0n) is 21.5. The molecule has 0 unspecified atom stereocenters. The Bertz CT molecular complexity index is 882. The number of nitrogens with zero attached hydrogens (tertiary/aromatic N) is 2. The summed E-state index contributed by atoms with van der Waals surface area (Å²) in [7, 11) is -3.27. The molecule has 1 saturated carbocycles. The number of hydrogen-bond donors (Lipinski definition) is 1. The van der Waals surface area contributed by atoms with Gasteiger partial charge in [0.05, 0.1) is 0 Å². The molecule has 3 rings (SSSR count). The molecule has 1 aliphatic heterocycles. The maximum Gasteiger partial charge on any atom is 0.286 e. The van der Waals surface area contributed by atoms with Gasteiger partial charge in [-0.3, -0.25) is 4.57 Å². The Labute approximate surface area is 205 Å². The summed E-state index contributed by atoms with van der Waals surface area (Å²) in [6.45, 7) is 13.0. The van der Waals surface area contributed by atoms with Crippen LogP contribution in [0, 0.1) is 17.7 Å². The Kier molecular flexibility index (Phi) is 9.74. The van der Waals surface area contributed by atoms with Gasteiger partial charge >= 0.3 is 0 Å². The highest BCUT2D eigenvalue weighted by Gasteiger charge is 2.57. The van der Waals surface area contributed by atoms with Crippen LogP contribution in [0.1, 0.15) is 78.8 Å². The van der Waals surface area contributed by atoms with E-state index in [1.807, 2.05) is 13.8 Å². The molecule has 190 valence electrons. The summed E-state index contributed by atoms with van der Waals surface area (Å²) in [6, 6.07) is 6.33. The normalized spacial score (nSPS) is 23.8. The van der Waals surface area contributed by atoms with Gasteiger partial charge in [0.2, 0.25) is 6.29 Å². The highest BCUT2D eigenvalue weighted by Crippen LogP contribution is 2.63. The number of rotatable bonds is 9. The molecule has 0 spiro atoms. The molecular weight excluding hydrogens is 452 g/mol. The van der Waals surface area contributed by atoms with Crippen molar-refractivity contribution >= 4 is 7.59 Å². The van der Waals surface area contributed by atoms with Crippen LogP contribution < -0.4 is 5.09 Å². The van der Waals surface area contributed by atoms with Crippen molar-refractivity contribution in [2.45, 2.75) is 104 Å². The summed E-state index contributed by atoms with van der Waals surface area (Å²) in [6.07, 6.45) is 3.59. The Morgan fingerprint density at radius 3 is 2.00 bits per heavy atom. The standard InChI is InChI=1S/C26H41FN3O3P/c1-7-32-26(33-8-2)18-17-23(21-13-9-10-14-22(21)27)28-34(31)29(19(3)4)24-15-11-12-16-25(24)30(34)20(5)6/h9-10,13-14,19-20,23-26H,7-8,11-12,15-16H2,1-6H3,(H,28,31)/t23-,24+,25+/m0/s1. The predicted octanol–water partition coefficient (Wildman–Crippen LogP) is 5.71. The van der Waals surface area contributed by atoms with Crippen LogP contribution in [0.4, 0.5) is 4.39 Å². The van der Waals surface area contributed by atoms with Crippen LogP contribution in [0.15, 0.2) is 24.3 Å². The molecule has 0 bridgehead atoms. The first-order valence-electron chi connectivity index (χ1n) is 12.7. The van der Waals surface area contributed by atoms with Crippen LogP contribution >= 0.6 is 7.59 Å². The lowest BCUT2D eigenvalue weighted by Gasteiger charge is -2.37. The van der Waals surface area contributed by atoms with Crippen molar-refractivity contribution in [3.05, 3.63) is 35.6 Å². The van der Waals surface area contributed by atoms with Gasteiger partial charge in [-0.25, -0.2) is 18.8 Å². The second-order valence-corrected chi connectivity index (χ2v) is 11.8. The third kappa shape index (κ3) is 5.75. The van der Waals surface area contributed by atoms with Gasteiger partial charge in [0.15, 0.2) is 0 Å². The van der Waals surface area contributed by atoms with Gasteiger partial charge in [0.1, 0.15) is 11.9 Å². The zero-order valence-corrected chi connectivity index (χ0v) is 22.4. The van der Waals surface area contributed by atoms with Gasteiger partial charge < -0.3 is 9.47 Å². The fourth-order valence-corrected chi connectivity index (χ4v) is 9.04. The number of nitrogens with one attached hydrogen (secondary N) is 1. The van der Waals surface area contributed by atoms with Crippen LogP contribution in [0.3, 0.4) is 0 Å². The molecule has 2 fully saturated rings. The maximum absolute atomic E-state index is 15.0. The van der Waals surface area contributed by atoms with Gasteiger partial charge in [0, 0.05) is 42.9 Å². The molecule has 3 atom stereocenters. The Hall–Kier alpha value is -1.26. The minimum absolute atomic E-state index is 0.0708. The van der Waals surface area contributed by atoms with Crippen molar-refractivity contribution < 1.29 is 18.4 Å². The highest BCUT2D eigenvalue weighted by atomic mass is 31.2. The summed E-state index contributed by atoms with van der Waals surface area (Å²) >= 11 is 0. The first kappa shape index (κ1) is 27.3. The van der Waals surface area contributed by atoms with E-state index in [1.54, 1.807) is 18.2 Å². The summed E-state index contributed by atoms with van der Waals surface area (Å²) in [4.78, 5) is 0. The topological polar surface area (TPSA) is 54.0 Å². The molecule has 0 amide bonds. The number of benzene rings is 1. The summed E-state index contributed by atoms with van der Waals surface area (Å²) < 4.78 is 45.5. The molecule has 6 nitrogen and oxygen atoms in total. The predicted molar refractivity (Wildman–Crippen MR) is 135 cm³/mol. The SMILES string of the molecule is CCOC(C#C[C@H](NP1(=O)N(C(C)C)[C@@H]2CCCC[C@H]2N1C(C)C)c1ccccc1F)OCC. The zero-order chi connectivity index (χ0) is 24.9. The van der Waals surface area contributed by atoms with E-state index >= 15 is 4.57 Å². The van der Waals surface area contributed by atoms with Crippen LogP contribution in [-0.4, -0.2) is 53.0 Å². The minimum Gasteiger partial charge on any atom is -0.342 e. The quantitative estimate of drug-likeness (QED) is 0.270. The fraction of sp³-hybridized carbons (Fsp3) is 0.692. The largest absolute Gasteiger partial charge is 0.342 e. The van der Waals surface area contributed by atoms with Crippen molar-refractivity contribution in [3.63, 3.8) is 0 Å². The summed E-state index contributed by atoms with van der Waals surface area (Å²) in [5, 5.41) is 3.39. The lowest BCUT2D eigenvalue weighted by molar-refractivity contribution is -0.0970. The number of hydrogen-bond acceptors (Lipinski definition) is 3. The number of halogens is 1. The van der Waals surface area contributed by atoms with Crippen molar-refractivity contribution in [1.29, 1.82) is 0 Å². The first-order valence-corrected chi connectivity index (χ1v) is 14.3. The molecule has 34 heavy (non-hydrogen) atoms. The van der Waals surface area contributed by atoms with Crippen molar-refractivity contribution in [2.75, 3.05) is 13.2 Å². The molecule has 0 aromatic heterocycles. The monoisotopic (exact) mass is 493 g/mol. The molecule has 8 heteroatoms. The van der Waals surface area contributed by atoms with Crippen LogP contribution in [0.25, 0.3) is 0 Å². The van der Waals surface area contributed by atoms with E-state index in [-0.39, 0.29) is 30.0 Å². The van der Waals surface area contributed by atoms with Crippen molar-refractivity contribution in [2.24, 2.45) is 0 Å². The van der Waals surface area contributed by atoms with Gasteiger partial charge in [-0.05, 0) is 66.4 Å².